The summed E-state index contributed by atoms with van der Waals surface area (Å²) in [5.41, 5.74) is 3.23. The average molecular weight is 474 g/mol. The van der Waals surface area contributed by atoms with Crippen LogP contribution in [0.5, 0.6) is 5.75 Å². The molecule has 1 aliphatic heterocycles. The van der Waals surface area contributed by atoms with Gasteiger partial charge in [-0.15, -0.1) is 0 Å². The fourth-order valence-corrected chi connectivity index (χ4v) is 3.81. The highest BCUT2D eigenvalue weighted by Gasteiger charge is 2.32. The van der Waals surface area contributed by atoms with Crippen molar-refractivity contribution in [2.24, 2.45) is 5.92 Å². The first-order chi connectivity index (χ1) is 16.5. The minimum absolute atomic E-state index is 0.206. The standard InChI is InChI=1S/C21H27N5O2.2CH2O2/c1-16-10-19(24-23-16)11-18-13-26(14-20(18)27)12-17-4-2-3-5-21(17)28-9-8-25-7-6-22-15-25;2*2-1-3/h2-7,10,15,18,20,27H,8-9,11-14H2,1H3,(H,23,24);2*1H,(H,2,3)/t18-,20+;;/m1../s1. The Labute approximate surface area is 197 Å². The highest BCUT2D eigenvalue weighted by atomic mass is 16.5. The van der Waals surface area contributed by atoms with Crippen LogP contribution in [0.4, 0.5) is 0 Å². The second kappa shape index (κ2) is 14.4. The third-order valence-corrected chi connectivity index (χ3v) is 5.25. The Kier molecular flexibility index (Phi) is 11.3. The maximum atomic E-state index is 10.5. The van der Waals surface area contributed by atoms with Crippen molar-refractivity contribution < 1.29 is 29.6 Å². The number of β-amino-alcohol motifs (C(OH)–C–C–N with tert-alkyl or cyclic N) is 1. The van der Waals surface area contributed by atoms with Gasteiger partial charge in [0.15, 0.2) is 0 Å². The molecule has 0 aliphatic carbocycles. The number of aliphatic hydroxyl groups is 1. The van der Waals surface area contributed by atoms with Gasteiger partial charge in [0.2, 0.25) is 0 Å². The molecule has 11 heteroatoms. The lowest BCUT2D eigenvalue weighted by molar-refractivity contribution is -0.123. The number of aromatic nitrogens is 4. The lowest BCUT2D eigenvalue weighted by atomic mass is 10.0. The van der Waals surface area contributed by atoms with Gasteiger partial charge in [0.1, 0.15) is 12.4 Å². The van der Waals surface area contributed by atoms with Crippen LogP contribution in [0.2, 0.25) is 0 Å². The van der Waals surface area contributed by atoms with E-state index in [4.69, 9.17) is 24.5 Å². The first-order valence-corrected chi connectivity index (χ1v) is 10.7. The molecule has 4 N–H and O–H groups in total. The molecule has 1 aromatic carbocycles. The van der Waals surface area contributed by atoms with Crippen molar-refractivity contribution in [3.8, 4) is 5.75 Å². The number of aromatic amines is 1. The number of likely N-dealkylation sites (tertiary alicyclic amines) is 1. The Bertz CT molecular complexity index is 972. The number of ether oxygens (including phenoxy) is 1. The van der Waals surface area contributed by atoms with Crippen LogP contribution in [-0.4, -0.2) is 78.7 Å². The Morgan fingerprint density at radius 2 is 1.94 bits per heavy atom. The summed E-state index contributed by atoms with van der Waals surface area (Å²) in [7, 11) is 0. The lowest BCUT2D eigenvalue weighted by Gasteiger charge is -2.18. The van der Waals surface area contributed by atoms with E-state index in [2.05, 4.69) is 32.2 Å². The van der Waals surface area contributed by atoms with E-state index >= 15 is 0 Å². The van der Waals surface area contributed by atoms with Gasteiger partial charge in [-0.3, -0.25) is 19.6 Å². The van der Waals surface area contributed by atoms with Gasteiger partial charge in [0.05, 0.1) is 24.7 Å². The molecule has 2 aromatic heterocycles. The van der Waals surface area contributed by atoms with Crippen LogP contribution in [0.1, 0.15) is 17.0 Å². The summed E-state index contributed by atoms with van der Waals surface area (Å²) >= 11 is 0. The summed E-state index contributed by atoms with van der Waals surface area (Å²) in [5.74, 6) is 1.11. The van der Waals surface area contributed by atoms with Gasteiger partial charge in [0.25, 0.3) is 12.9 Å². The van der Waals surface area contributed by atoms with Crippen LogP contribution in [0, 0.1) is 12.8 Å². The second-order valence-electron chi connectivity index (χ2n) is 7.74. The number of carbonyl (C=O) groups is 2. The van der Waals surface area contributed by atoms with Crippen LogP contribution in [0.25, 0.3) is 0 Å². The molecular formula is C23H31N5O6. The van der Waals surface area contributed by atoms with E-state index in [1.54, 1.807) is 12.5 Å². The monoisotopic (exact) mass is 473 g/mol. The summed E-state index contributed by atoms with van der Waals surface area (Å²) in [6, 6.07) is 10.2. The van der Waals surface area contributed by atoms with Crippen LogP contribution in [0.3, 0.4) is 0 Å². The zero-order valence-electron chi connectivity index (χ0n) is 19.0. The van der Waals surface area contributed by atoms with Crippen LogP contribution in [0.15, 0.2) is 49.1 Å². The molecule has 0 spiro atoms. The van der Waals surface area contributed by atoms with Gasteiger partial charge >= 0.3 is 0 Å². The van der Waals surface area contributed by atoms with Crippen LogP contribution in [-0.2, 0) is 29.1 Å². The number of benzene rings is 1. The fourth-order valence-electron chi connectivity index (χ4n) is 3.81. The molecule has 0 bridgehead atoms. The van der Waals surface area contributed by atoms with Crippen molar-refractivity contribution in [1.82, 2.24) is 24.6 Å². The van der Waals surface area contributed by atoms with Gasteiger partial charge in [-0.25, -0.2) is 4.98 Å². The quantitative estimate of drug-likeness (QED) is 0.356. The molecule has 0 saturated carbocycles. The van der Waals surface area contributed by atoms with Crippen molar-refractivity contribution >= 4 is 12.9 Å². The van der Waals surface area contributed by atoms with Crippen LogP contribution >= 0.6 is 0 Å². The number of aryl methyl sites for hydroxylation is 1. The van der Waals surface area contributed by atoms with Gasteiger partial charge in [0, 0.05) is 49.2 Å². The molecule has 3 heterocycles. The van der Waals surface area contributed by atoms with Crippen molar-refractivity contribution in [1.29, 1.82) is 0 Å². The number of nitrogens with zero attached hydrogens (tertiary/aromatic N) is 4. The number of carboxylic acid groups (broad SMARTS) is 2. The van der Waals surface area contributed by atoms with E-state index in [-0.39, 0.29) is 25.0 Å². The molecule has 11 nitrogen and oxygen atoms in total. The number of imidazole rings is 1. The number of H-pyrrole nitrogens is 1. The third kappa shape index (κ3) is 8.68. The summed E-state index contributed by atoms with van der Waals surface area (Å²) in [6.07, 6.45) is 5.97. The maximum absolute atomic E-state index is 10.5. The van der Waals surface area contributed by atoms with Gasteiger partial charge in [-0.1, -0.05) is 18.2 Å². The topological polar surface area (TPSA) is 154 Å². The zero-order valence-corrected chi connectivity index (χ0v) is 19.0. The van der Waals surface area contributed by atoms with E-state index in [9.17, 15) is 5.11 Å². The number of nitrogens with one attached hydrogen (secondary N) is 1. The number of hydrogen-bond donors (Lipinski definition) is 4. The van der Waals surface area contributed by atoms with E-state index in [1.165, 1.54) is 0 Å². The Morgan fingerprint density at radius 3 is 2.59 bits per heavy atom. The maximum Gasteiger partial charge on any atom is 0.290 e. The molecule has 4 rings (SSSR count). The summed E-state index contributed by atoms with van der Waals surface area (Å²) < 4.78 is 8.02. The molecule has 1 fully saturated rings. The van der Waals surface area contributed by atoms with Crippen molar-refractivity contribution in [2.45, 2.75) is 32.5 Å². The van der Waals surface area contributed by atoms with E-state index in [1.807, 2.05) is 35.9 Å². The Morgan fingerprint density at radius 1 is 1.21 bits per heavy atom. The number of hydrogen-bond acceptors (Lipinski definition) is 7. The zero-order chi connectivity index (χ0) is 24.8. The molecule has 34 heavy (non-hydrogen) atoms. The van der Waals surface area contributed by atoms with Gasteiger partial charge in [-0.2, -0.15) is 5.10 Å². The number of para-hydroxylation sites is 1. The predicted molar refractivity (Wildman–Crippen MR) is 123 cm³/mol. The van der Waals surface area contributed by atoms with Crippen molar-refractivity contribution in [3.05, 3.63) is 66.0 Å². The summed E-state index contributed by atoms with van der Waals surface area (Å²) in [6.45, 7) is 5.17. The Hall–Kier alpha value is -3.70. The number of aliphatic hydroxyl groups excluding tert-OH is 1. The van der Waals surface area contributed by atoms with Gasteiger partial charge in [-0.05, 0) is 25.5 Å². The highest BCUT2D eigenvalue weighted by molar-refractivity contribution is 5.33. The molecule has 3 aromatic rings. The smallest absolute Gasteiger partial charge is 0.290 e. The molecule has 184 valence electrons. The third-order valence-electron chi connectivity index (χ3n) is 5.25. The molecule has 0 unspecified atom stereocenters. The first-order valence-electron chi connectivity index (χ1n) is 10.7. The SMILES string of the molecule is Cc1cc(C[C@@H]2CN(Cc3ccccc3OCCn3ccnc3)C[C@@H]2O)n[nH]1.O=CO.O=CO. The number of rotatable bonds is 8. The molecule has 1 saturated heterocycles. The minimum atomic E-state index is -0.327. The van der Waals surface area contributed by atoms with Crippen molar-refractivity contribution in [2.75, 3.05) is 19.7 Å². The molecule has 2 atom stereocenters. The van der Waals surface area contributed by atoms with Gasteiger partial charge < -0.3 is 24.6 Å². The normalized spacial score (nSPS) is 17.1. The van der Waals surface area contributed by atoms with Crippen molar-refractivity contribution in [3.63, 3.8) is 0 Å². The molecule has 0 radical (unpaired) electrons. The predicted octanol–water partition coefficient (Wildman–Crippen LogP) is 1.43. The highest BCUT2D eigenvalue weighted by Crippen LogP contribution is 2.26. The largest absolute Gasteiger partial charge is 0.491 e. The van der Waals surface area contributed by atoms with Crippen LogP contribution < -0.4 is 4.74 Å². The van der Waals surface area contributed by atoms with E-state index in [0.717, 1.165) is 48.8 Å². The molecule has 1 aliphatic rings. The Balaban J connectivity index is 0.000000618. The molecular weight excluding hydrogens is 442 g/mol. The average Bonchev–Trinajstić information content (AvgIpc) is 3.54. The van der Waals surface area contributed by atoms with E-state index < -0.39 is 0 Å². The second-order valence-corrected chi connectivity index (χ2v) is 7.74. The summed E-state index contributed by atoms with van der Waals surface area (Å²) in [4.78, 5) is 23.1. The fraction of sp³-hybridized carbons (Fsp3) is 0.391. The lowest BCUT2D eigenvalue weighted by Crippen LogP contribution is -2.22. The molecule has 0 amide bonds. The summed E-state index contributed by atoms with van der Waals surface area (Å²) in [5, 5.41) is 31.6. The van der Waals surface area contributed by atoms with E-state index in [0.29, 0.717) is 13.2 Å². The minimum Gasteiger partial charge on any atom is -0.491 e. The first kappa shape index (κ1) is 26.6.